The molecule has 2 aromatic heterocycles. The Hall–Kier alpha value is -4.05. The third kappa shape index (κ3) is 4.43. The summed E-state index contributed by atoms with van der Waals surface area (Å²) >= 11 is 1.13. The Balaban J connectivity index is 1.60. The summed E-state index contributed by atoms with van der Waals surface area (Å²) in [7, 11) is 0. The molecule has 4 rings (SSSR count). The third-order valence-electron chi connectivity index (χ3n) is 4.36. The van der Waals surface area contributed by atoms with Gasteiger partial charge < -0.3 is 14.6 Å². The molecule has 0 aliphatic rings. The second-order valence-corrected chi connectivity index (χ2v) is 7.68. The summed E-state index contributed by atoms with van der Waals surface area (Å²) in [5, 5.41) is 17.8. The first kappa shape index (κ1) is 20.2. The average molecular weight is 437 g/mol. The number of hydrogen-bond acceptors (Lipinski definition) is 8. The molecule has 2 aromatic carbocycles. The number of nitro groups is 1. The van der Waals surface area contributed by atoms with Crippen molar-refractivity contribution in [1.29, 1.82) is 0 Å². The lowest BCUT2D eigenvalue weighted by Crippen LogP contribution is -2.25. The molecule has 31 heavy (non-hydrogen) atoms. The number of benzene rings is 2. The summed E-state index contributed by atoms with van der Waals surface area (Å²) in [4.78, 5) is 36.4. The molecule has 1 atom stereocenters. The van der Waals surface area contributed by atoms with Crippen LogP contribution < -0.4 is 5.32 Å². The number of hydrogen-bond donors (Lipinski definition) is 1. The second kappa shape index (κ2) is 8.36. The molecule has 0 saturated carbocycles. The van der Waals surface area contributed by atoms with Gasteiger partial charge in [-0.25, -0.2) is 4.79 Å². The molecule has 0 bridgehead atoms. The van der Waals surface area contributed by atoms with Crippen molar-refractivity contribution in [3.63, 3.8) is 0 Å². The van der Waals surface area contributed by atoms with Gasteiger partial charge in [-0.2, -0.15) is 0 Å². The predicted octanol–water partition coefficient (Wildman–Crippen LogP) is 4.64. The fourth-order valence-electron chi connectivity index (χ4n) is 2.93. The van der Waals surface area contributed by atoms with Crippen LogP contribution in [0.1, 0.15) is 27.1 Å². The molecule has 0 fully saturated rings. The Morgan fingerprint density at radius 1 is 1.16 bits per heavy atom. The van der Waals surface area contributed by atoms with Crippen molar-refractivity contribution in [2.24, 2.45) is 0 Å². The minimum atomic E-state index is -1.23. The molecule has 2 heterocycles. The molecule has 1 unspecified atom stereocenters. The number of non-ortho nitro benzene ring substituents is 1. The van der Waals surface area contributed by atoms with Crippen molar-refractivity contribution in [2.45, 2.75) is 13.0 Å². The smallest absolute Gasteiger partial charge is 0.349 e. The van der Waals surface area contributed by atoms with E-state index >= 15 is 0 Å². The van der Waals surface area contributed by atoms with Crippen LogP contribution >= 0.6 is 11.3 Å². The first-order valence-corrected chi connectivity index (χ1v) is 9.90. The Bertz CT molecular complexity index is 1280. The molecule has 9 nitrogen and oxygen atoms in total. The Morgan fingerprint density at radius 2 is 1.94 bits per heavy atom. The number of ether oxygens (including phenoxy) is 1. The average Bonchev–Trinajstić information content (AvgIpc) is 3.37. The predicted molar refractivity (Wildman–Crippen MR) is 113 cm³/mol. The van der Waals surface area contributed by atoms with Crippen molar-refractivity contribution in [2.75, 3.05) is 5.32 Å². The van der Waals surface area contributed by atoms with Crippen molar-refractivity contribution < 1.29 is 23.8 Å². The number of fused-ring (bicyclic) bond motifs is 1. The van der Waals surface area contributed by atoms with E-state index in [-0.39, 0.29) is 16.4 Å². The SMILES string of the molecule is Cc1cc(NC(=O)C(OC(=O)c2cc3cc([N+](=O)[O-])ccc3s2)c2ccccc2)no1. The van der Waals surface area contributed by atoms with E-state index in [0.29, 0.717) is 21.4 Å². The van der Waals surface area contributed by atoms with Gasteiger partial charge in [0.2, 0.25) is 6.10 Å². The number of esters is 1. The molecule has 0 aliphatic heterocycles. The molecular formula is C21H15N3O6S. The molecule has 0 aliphatic carbocycles. The Morgan fingerprint density at radius 3 is 2.61 bits per heavy atom. The fraction of sp³-hybridized carbons (Fsp3) is 0.0952. The van der Waals surface area contributed by atoms with Gasteiger partial charge in [0.05, 0.1) is 4.92 Å². The van der Waals surface area contributed by atoms with Crippen LogP contribution in [0.3, 0.4) is 0 Å². The number of thiophene rings is 1. The summed E-state index contributed by atoms with van der Waals surface area (Å²) in [6.07, 6.45) is -1.23. The highest BCUT2D eigenvalue weighted by atomic mass is 32.1. The number of aryl methyl sites for hydroxylation is 1. The summed E-state index contributed by atoms with van der Waals surface area (Å²) < 4.78 is 11.2. The molecule has 156 valence electrons. The van der Waals surface area contributed by atoms with E-state index in [2.05, 4.69) is 10.5 Å². The van der Waals surface area contributed by atoms with Gasteiger partial charge in [-0.15, -0.1) is 11.3 Å². The molecule has 0 spiro atoms. The molecule has 4 aromatic rings. The van der Waals surface area contributed by atoms with E-state index in [1.165, 1.54) is 18.2 Å². The second-order valence-electron chi connectivity index (χ2n) is 6.60. The van der Waals surface area contributed by atoms with Crippen LogP contribution in [0, 0.1) is 17.0 Å². The van der Waals surface area contributed by atoms with Crippen molar-refractivity contribution >= 4 is 44.8 Å². The van der Waals surface area contributed by atoms with Crippen LogP contribution in [0.5, 0.6) is 0 Å². The van der Waals surface area contributed by atoms with Gasteiger partial charge in [0.15, 0.2) is 5.82 Å². The maximum atomic E-state index is 12.8. The van der Waals surface area contributed by atoms with Gasteiger partial charge in [-0.3, -0.25) is 14.9 Å². The zero-order valence-electron chi connectivity index (χ0n) is 16.1. The molecule has 0 saturated heterocycles. The molecular weight excluding hydrogens is 422 g/mol. The first-order chi connectivity index (χ1) is 14.9. The lowest BCUT2D eigenvalue weighted by molar-refractivity contribution is -0.384. The lowest BCUT2D eigenvalue weighted by atomic mass is 10.1. The topological polar surface area (TPSA) is 125 Å². The number of nitrogens with zero attached hydrogens (tertiary/aromatic N) is 2. The molecule has 10 heteroatoms. The van der Waals surface area contributed by atoms with Gasteiger partial charge in [-0.1, -0.05) is 35.5 Å². The van der Waals surface area contributed by atoms with E-state index in [0.717, 1.165) is 11.3 Å². The Kier molecular flexibility index (Phi) is 5.46. The van der Waals surface area contributed by atoms with Crippen LogP contribution in [0.4, 0.5) is 11.5 Å². The number of nitro benzene ring substituents is 1. The highest BCUT2D eigenvalue weighted by molar-refractivity contribution is 7.20. The third-order valence-corrected chi connectivity index (χ3v) is 5.45. The minimum absolute atomic E-state index is 0.0744. The number of amides is 1. The molecule has 1 amide bonds. The van der Waals surface area contributed by atoms with Crippen LogP contribution in [0.15, 0.2) is 65.2 Å². The van der Waals surface area contributed by atoms with Crippen LogP contribution in [-0.2, 0) is 9.53 Å². The number of carbonyl (C=O) groups excluding carboxylic acids is 2. The number of nitrogens with one attached hydrogen (secondary N) is 1. The van der Waals surface area contributed by atoms with Crippen LogP contribution in [0.25, 0.3) is 10.1 Å². The van der Waals surface area contributed by atoms with Gasteiger partial charge in [0, 0.05) is 33.8 Å². The summed E-state index contributed by atoms with van der Waals surface area (Å²) in [5.41, 5.74) is 0.403. The quantitative estimate of drug-likeness (QED) is 0.265. The molecule has 0 radical (unpaired) electrons. The minimum Gasteiger partial charge on any atom is -0.443 e. The highest BCUT2D eigenvalue weighted by Gasteiger charge is 2.27. The van der Waals surface area contributed by atoms with E-state index < -0.39 is 22.9 Å². The van der Waals surface area contributed by atoms with Crippen molar-refractivity contribution in [3.05, 3.63) is 87.0 Å². The first-order valence-electron chi connectivity index (χ1n) is 9.09. The fourth-order valence-corrected chi connectivity index (χ4v) is 3.85. The van der Waals surface area contributed by atoms with Crippen molar-refractivity contribution in [1.82, 2.24) is 5.16 Å². The van der Waals surface area contributed by atoms with E-state index in [4.69, 9.17) is 9.26 Å². The summed E-state index contributed by atoms with van der Waals surface area (Å²) in [6, 6.07) is 15.9. The maximum absolute atomic E-state index is 12.8. The summed E-state index contributed by atoms with van der Waals surface area (Å²) in [6.45, 7) is 1.68. The van der Waals surface area contributed by atoms with E-state index in [1.807, 2.05) is 0 Å². The monoisotopic (exact) mass is 437 g/mol. The zero-order chi connectivity index (χ0) is 22.0. The van der Waals surface area contributed by atoms with Gasteiger partial charge >= 0.3 is 5.97 Å². The molecule has 1 N–H and O–H groups in total. The number of anilines is 1. The van der Waals surface area contributed by atoms with Gasteiger partial charge in [-0.05, 0) is 19.1 Å². The van der Waals surface area contributed by atoms with Crippen LogP contribution in [-0.4, -0.2) is 22.0 Å². The van der Waals surface area contributed by atoms with Gasteiger partial charge in [0.1, 0.15) is 10.6 Å². The highest BCUT2D eigenvalue weighted by Crippen LogP contribution is 2.31. The Labute approximate surface area is 179 Å². The number of carbonyl (C=O) groups is 2. The maximum Gasteiger partial charge on any atom is 0.349 e. The van der Waals surface area contributed by atoms with E-state index in [1.54, 1.807) is 49.4 Å². The standard InChI is InChI=1S/C21H15N3O6S/c1-12-9-18(23-30-12)22-20(25)19(13-5-3-2-4-6-13)29-21(26)17-11-14-10-15(24(27)28)7-8-16(14)31-17/h2-11,19H,1H3,(H,22,23,25). The number of rotatable bonds is 6. The van der Waals surface area contributed by atoms with Gasteiger partial charge in [0.25, 0.3) is 11.6 Å². The zero-order valence-corrected chi connectivity index (χ0v) is 16.9. The summed E-state index contributed by atoms with van der Waals surface area (Å²) in [5.74, 6) is -0.592. The van der Waals surface area contributed by atoms with Crippen LogP contribution in [0.2, 0.25) is 0 Å². The number of aromatic nitrogens is 1. The lowest BCUT2D eigenvalue weighted by Gasteiger charge is -2.16. The largest absolute Gasteiger partial charge is 0.443 e. The normalized spacial score (nSPS) is 11.8. The van der Waals surface area contributed by atoms with Crippen molar-refractivity contribution in [3.8, 4) is 0 Å². The van der Waals surface area contributed by atoms with E-state index in [9.17, 15) is 19.7 Å².